The summed E-state index contributed by atoms with van der Waals surface area (Å²) >= 11 is 0. The first-order chi connectivity index (χ1) is 11.8. The highest BCUT2D eigenvalue weighted by molar-refractivity contribution is 5.87. The minimum Gasteiger partial charge on any atom is -0.493 e. The predicted molar refractivity (Wildman–Crippen MR) is 106 cm³/mol. The van der Waals surface area contributed by atoms with Crippen molar-refractivity contribution >= 4 is 18.3 Å². The molecule has 1 unspecified atom stereocenters. The number of carbonyl (C=O) groups is 1. The summed E-state index contributed by atoms with van der Waals surface area (Å²) in [5.74, 6) is 1.17. The molecule has 0 saturated heterocycles. The molecule has 0 heterocycles. The highest BCUT2D eigenvalue weighted by atomic mass is 35.5. The second-order valence-electron chi connectivity index (χ2n) is 6.36. The SMILES string of the molecule is COc1cc(C)c(CN(C)C(=O)C(C)(N)c2ccccc2)cc1OC.Cl. The van der Waals surface area contributed by atoms with E-state index in [1.54, 1.807) is 33.1 Å². The van der Waals surface area contributed by atoms with Crippen LogP contribution in [0.4, 0.5) is 0 Å². The van der Waals surface area contributed by atoms with Gasteiger partial charge in [0, 0.05) is 13.6 Å². The molecule has 0 bridgehead atoms. The second kappa shape index (κ2) is 8.92. The molecule has 0 aliphatic heterocycles. The lowest BCUT2D eigenvalue weighted by Gasteiger charge is -2.30. The van der Waals surface area contributed by atoms with Gasteiger partial charge in [-0.2, -0.15) is 0 Å². The van der Waals surface area contributed by atoms with E-state index >= 15 is 0 Å². The lowest BCUT2D eigenvalue weighted by molar-refractivity contribution is -0.136. The molecule has 1 atom stereocenters. The van der Waals surface area contributed by atoms with Crippen LogP contribution >= 0.6 is 12.4 Å². The Labute approximate surface area is 161 Å². The van der Waals surface area contributed by atoms with Crippen molar-refractivity contribution in [3.8, 4) is 11.5 Å². The molecule has 6 heteroatoms. The normalized spacial score (nSPS) is 12.5. The standard InChI is InChI=1S/C20H26N2O3.ClH/c1-14-11-17(24-4)18(25-5)12-15(14)13-22(3)19(23)20(2,21)16-9-7-6-8-10-16;/h6-12H,13,21H2,1-5H3;1H. The fraction of sp³-hybridized carbons (Fsp3) is 0.350. The first-order valence-electron chi connectivity index (χ1n) is 8.12. The maximum atomic E-state index is 12.9. The Hall–Kier alpha value is -2.24. The summed E-state index contributed by atoms with van der Waals surface area (Å²) < 4.78 is 10.7. The summed E-state index contributed by atoms with van der Waals surface area (Å²) in [6, 6.07) is 13.2. The summed E-state index contributed by atoms with van der Waals surface area (Å²) in [6.45, 7) is 4.15. The zero-order valence-electron chi connectivity index (χ0n) is 15.9. The van der Waals surface area contributed by atoms with Crippen molar-refractivity contribution in [2.75, 3.05) is 21.3 Å². The van der Waals surface area contributed by atoms with Gasteiger partial charge in [-0.25, -0.2) is 0 Å². The van der Waals surface area contributed by atoms with Crippen molar-refractivity contribution in [1.82, 2.24) is 4.90 Å². The molecule has 2 N–H and O–H groups in total. The van der Waals surface area contributed by atoms with Gasteiger partial charge in [-0.05, 0) is 42.7 Å². The Morgan fingerprint density at radius 3 is 2.19 bits per heavy atom. The van der Waals surface area contributed by atoms with Gasteiger partial charge in [-0.1, -0.05) is 30.3 Å². The number of aryl methyl sites for hydroxylation is 1. The number of nitrogens with two attached hydrogens (primary N) is 1. The van der Waals surface area contributed by atoms with Gasteiger partial charge in [0.15, 0.2) is 11.5 Å². The summed E-state index contributed by atoms with van der Waals surface area (Å²) in [6.07, 6.45) is 0. The van der Waals surface area contributed by atoms with Gasteiger partial charge < -0.3 is 20.1 Å². The predicted octanol–water partition coefficient (Wildman–Crippen LogP) is 3.27. The maximum Gasteiger partial charge on any atom is 0.247 e. The van der Waals surface area contributed by atoms with E-state index in [4.69, 9.17) is 15.2 Å². The monoisotopic (exact) mass is 378 g/mol. The second-order valence-corrected chi connectivity index (χ2v) is 6.36. The fourth-order valence-electron chi connectivity index (χ4n) is 2.82. The fourth-order valence-corrected chi connectivity index (χ4v) is 2.82. The Morgan fingerprint density at radius 1 is 1.12 bits per heavy atom. The van der Waals surface area contributed by atoms with Gasteiger partial charge in [0.2, 0.25) is 5.91 Å². The minimum atomic E-state index is -1.08. The van der Waals surface area contributed by atoms with Gasteiger partial charge in [-0.3, -0.25) is 4.79 Å². The van der Waals surface area contributed by atoms with Crippen LogP contribution in [0.5, 0.6) is 11.5 Å². The largest absolute Gasteiger partial charge is 0.493 e. The number of hydrogen-bond donors (Lipinski definition) is 1. The van der Waals surface area contributed by atoms with Crippen molar-refractivity contribution in [1.29, 1.82) is 0 Å². The van der Waals surface area contributed by atoms with Crippen LogP contribution in [0.3, 0.4) is 0 Å². The molecule has 0 aliphatic carbocycles. The molecule has 0 radical (unpaired) electrons. The number of rotatable bonds is 6. The van der Waals surface area contributed by atoms with Crippen LogP contribution in [-0.4, -0.2) is 32.1 Å². The third-order valence-corrected chi connectivity index (χ3v) is 4.41. The zero-order chi connectivity index (χ0) is 18.6. The summed E-state index contributed by atoms with van der Waals surface area (Å²) in [7, 11) is 4.96. The first-order valence-corrected chi connectivity index (χ1v) is 8.12. The lowest BCUT2D eigenvalue weighted by Crippen LogP contribution is -2.49. The molecule has 0 aromatic heterocycles. The average molecular weight is 379 g/mol. The lowest BCUT2D eigenvalue weighted by atomic mass is 9.91. The molecule has 1 amide bonds. The van der Waals surface area contributed by atoms with Crippen molar-refractivity contribution in [3.63, 3.8) is 0 Å². The maximum absolute atomic E-state index is 12.9. The smallest absolute Gasteiger partial charge is 0.247 e. The average Bonchev–Trinajstić information content (AvgIpc) is 2.62. The third kappa shape index (κ3) is 4.48. The van der Waals surface area contributed by atoms with Crippen LogP contribution in [-0.2, 0) is 16.9 Å². The van der Waals surface area contributed by atoms with Crippen LogP contribution in [0.1, 0.15) is 23.6 Å². The highest BCUT2D eigenvalue weighted by Gasteiger charge is 2.33. The molecular formula is C20H27ClN2O3. The molecular weight excluding hydrogens is 352 g/mol. The van der Waals surface area contributed by atoms with E-state index < -0.39 is 5.54 Å². The zero-order valence-corrected chi connectivity index (χ0v) is 16.7. The van der Waals surface area contributed by atoms with Crippen LogP contribution in [0.25, 0.3) is 0 Å². The number of methoxy groups -OCH3 is 2. The number of amides is 1. The molecule has 0 spiro atoms. The van der Waals surface area contributed by atoms with Crippen molar-refractivity contribution in [2.24, 2.45) is 5.73 Å². The first kappa shape index (κ1) is 21.8. The van der Waals surface area contributed by atoms with Gasteiger partial charge in [0.1, 0.15) is 5.54 Å². The number of carbonyl (C=O) groups excluding carboxylic acids is 1. The Balaban J connectivity index is 0.00000338. The molecule has 5 nitrogen and oxygen atoms in total. The summed E-state index contributed by atoms with van der Waals surface area (Å²) in [5, 5.41) is 0. The van der Waals surface area contributed by atoms with Crippen LogP contribution in [0.2, 0.25) is 0 Å². The minimum absolute atomic E-state index is 0. The Morgan fingerprint density at radius 2 is 1.65 bits per heavy atom. The number of hydrogen-bond acceptors (Lipinski definition) is 4. The van der Waals surface area contributed by atoms with Crippen LogP contribution in [0.15, 0.2) is 42.5 Å². The van der Waals surface area contributed by atoms with Crippen molar-refractivity contribution in [3.05, 3.63) is 59.2 Å². The summed E-state index contributed by atoms with van der Waals surface area (Å²) in [4.78, 5) is 14.5. The van der Waals surface area contributed by atoms with E-state index in [0.29, 0.717) is 18.0 Å². The van der Waals surface area contributed by atoms with E-state index in [-0.39, 0.29) is 18.3 Å². The van der Waals surface area contributed by atoms with Crippen molar-refractivity contribution < 1.29 is 14.3 Å². The van der Waals surface area contributed by atoms with E-state index in [1.807, 2.05) is 49.4 Å². The highest BCUT2D eigenvalue weighted by Crippen LogP contribution is 2.31. The van der Waals surface area contributed by atoms with Crippen LogP contribution < -0.4 is 15.2 Å². The Kier molecular flexibility index (Phi) is 7.48. The van der Waals surface area contributed by atoms with Crippen LogP contribution in [0, 0.1) is 6.92 Å². The van der Waals surface area contributed by atoms with Gasteiger partial charge in [-0.15, -0.1) is 12.4 Å². The topological polar surface area (TPSA) is 64.8 Å². The van der Waals surface area contributed by atoms with E-state index in [9.17, 15) is 4.79 Å². The quantitative estimate of drug-likeness (QED) is 0.837. The number of halogens is 1. The number of ether oxygens (including phenoxy) is 2. The molecule has 142 valence electrons. The third-order valence-electron chi connectivity index (χ3n) is 4.41. The van der Waals surface area contributed by atoms with E-state index in [2.05, 4.69) is 0 Å². The molecule has 0 aliphatic rings. The number of benzene rings is 2. The van der Waals surface area contributed by atoms with Gasteiger partial charge in [0.05, 0.1) is 14.2 Å². The van der Waals surface area contributed by atoms with Gasteiger partial charge >= 0.3 is 0 Å². The van der Waals surface area contributed by atoms with Crippen molar-refractivity contribution in [2.45, 2.75) is 25.9 Å². The molecule has 0 saturated carbocycles. The molecule has 2 aromatic rings. The Bertz CT molecular complexity index is 748. The number of likely N-dealkylation sites (N-methyl/N-ethyl adjacent to an activating group) is 1. The molecule has 2 aromatic carbocycles. The number of nitrogens with zero attached hydrogens (tertiary/aromatic N) is 1. The van der Waals surface area contributed by atoms with E-state index in [1.165, 1.54) is 0 Å². The summed E-state index contributed by atoms with van der Waals surface area (Å²) in [5.41, 5.74) is 8.05. The molecule has 2 rings (SSSR count). The molecule has 26 heavy (non-hydrogen) atoms. The molecule has 0 fully saturated rings. The van der Waals surface area contributed by atoms with E-state index in [0.717, 1.165) is 16.7 Å². The van der Waals surface area contributed by atoms with Gasteiger partial charge in [0.25, 0.3) is 0 Å².